The molecule has 0 N–H and O–H groups in total. The summed E-state index contributed by atoms with van der Waals surface area (Å²) in [5, 5.41) is 0. The number of methoxy groups -OCH3 is 1. The summed E-state index contributed by atoms with van der Waals surface area (Å²) in [6.07, 6.45) is 0. The highest BCUT2D eigenvalue weighted by atomic mass is 32.2. The van der Waals surface area contributed by atoms with Crippen molar-refractivity contribution in [3.8, 4) is 0 Å². The molecule has 0 aliphatic rings. The second-order valence-corrected chi connectivity index (χ2v) is 6.86. The standard InChI is InChI=1S/C16H16FNO4S/c1-11-5-4-6-14(16(19)22-3)15(11)18(2)23(20,21)13-9-7-12(17)8-10-13/h4-10H,1-3H3. The molecule has 0 aliphatic heterocycles. The van der Waals surface area contributed by atoms with Crippen LogP contribution in [-0.4, -0.2) is 28.5 Å². The molecule has 0 bridgehead atoms. The first-order chi connectivity index (χ1) is 10.8. The highest BCUT2D eigenvalue weighted by Crippen LogP contribution is 2.29. The summed E-state index contributed by atoms with van der Waals surface area (Å²) in [6, 6.07) is 9.32. The molecule has 0 aliphatic carbocycles. The van der Waals surface area contributed by atoms with E-state index >= 15 is 0 Å². The van der Waals surface area contributed by atoms with Crippen molar-refractivity contribution in [1.82, 2.24) is 0 Å². The number of carbonyl (C=O) groups excluding carboxylic acids is 1. The minimum Gasteiger partial charge on any atom is -0.465 e. The molecule has 0 spiro atoms. The fraction of sp³-hybridized carbons (Fsp3) is 0.188. The number of rotatable bonds is 4. The SMILES string of the molecule is COC(=O)c1cccc(C)c1N(C)S(=O)(=O)c1ccc(F)cc1. The Morgan fingerprint density at radius 1 is 1.13 bits per heavy atom. The number of hydrogen-bond acceptors (Lipinski definition) is 4. The number of halogens is 1. The molecule has 7 heteroatoms. The molecule has 0 radical (unpaired) electrons. The highest BCUT2D eigenvalue weighted by molar-refractivity contribution is 7.92. The Hall–Kier alpha value is -2.41. The van der Waals surface area contributed by atoms with E-state index in [1.165, 1.54) is 32.4 Å². The molecule has 2 aromatic rings. The first-order valence-corrected chi connectivity index (χ1v) is 8.15. The number of carbonyl (C=O) groups is 1. The Morgan fingerprint density at radius 2 is 1.74 bits per heavy atom. The molecule has 0 heterocycles. The van der Waals surface area contributed by atoms with Gasteiger partial charge in [-0.3, -0.25) is 4.31 Å². The lowest BCUT2D eigenvalue weighted by molar-refractivity contribution is 0.0601. The fourth-order valence-corrected chi connectivity index (χ4v) is 3.52. The number of nitrogens with zero attached hydrogens (tertiary/aromatic N) is 1. The van der Waals surface area contributed by atoms with Crippen LogP contribution in [0.15, 0.2) is 47.4 Å². The first-order valence-electron chi connectivity index (χ1n) is 6.71. The third kappa shape index (κ3) is 3.19. The Bertz CT molecular complexity index is 832. The average molecular weight is 337 g/mol. The average Bonchev–Trinajstić information content (AvgIpc) is 2.53. The van der Waals surface area contributed by atoms with Crippen molar-refractivity contribution < 1.29 is 22.3 Å². The lowest BCUT2D eigenvalue weighted by Gasteiger charge is -2.23. The number of ether oxygens (including phenoxy) is 1. The van der Waals surface area contributed by atoms with E-state index < -0.39 is 21.8 Å². The van der Waals surface area contributed by atoms with Crippen LogP contribution in [0.5, 0.6) is 0 Å². The van der Waals surface area contributed by atoms with E-state index in [1.807, 2.05) is 0 Å². The maximum absolute atomic E-state index is 13.0. The Morgan fingerprint density at radius 3 is 2.30 bits per heavy atom. The minimum atomic E-state index is -3.94. The van der Waals surface area contributed by atoms with Gasteiger partial charge in [0.05, 0.1) is 23.3 Å². The van der Waals surface area contributed by atoms with E-state index in [-0.39, 0.29) is 16.1 Å². The van der Waals surface area contributed by atoms with Gasteiger partial charge in [-0.25, -0.2) is 17.6 Å². The van der Waals surface area contributed by atoms with E-state index in [0.717, 1.165) is 16.4 Å². The molecule has 0 saturated carbocycles. The highest BCUT2D eigenvalue weighted by Gasteiger charge is 2.26. The number of hydrogen-bond donors (Lipinski definition) is 0. The number of aryl methyl sites for hydroxylation is 1. The summed E-state index contributed by atoms with van der Waals surface area (Å²) >= 11 is 0. The van der Waals surface area contributed by atoms with Crippen molar-refractivity contribution in [2.24, 2.45) is 0 Å². The summed E-state index contributed by atoms with van der Waals surface area (Å²) in [4.78, 5) is 11.8. The van der Waals surface area contributed by atoms with Gasteiger partial charge in [-0.2, -0.15) is 0 Å². The van der Waals surface area contributed by atoms with Crippen molar-refractivity contribution in [3.63, 3.8) is 0 Å². The van der Waals surface area contributed by atoms with Crippen LogP contribution in [0.3, 0.4) is 0 Å². The summed E-state index contributed by atoms with van der Waals surface area (Å²) in [5.41, 5.74) is 0.963. The number of esters is 1. The summed E-state index contributed by atoms with van der Waals surface area (Å²) in [5.74, 6) is -1.16. The molecule has 0 unspecified atom stereocenters. The van der Waals surface area contributed by atoms with E-state index in [9.17, 15) is 17.6 Å². The van der Waals surface area contributed by atoms with Gasteiger partial charge in [0.2, 0.25) is 0 Å². The topological polar surface area (TPSA) is 63.7 Å². The molecule has 0 fully saturated rings. The molecule has 5 nitrogen and oxygen atoms in total. The van der Waals surface area contributed by atoms with Crippen molar-refractivity contribution in [1.29, 1.82) is 0 Å². The second-order valence-electron chi connectivity index (χ2n) is 4.89. The first kappa shape index (κ1) is 17.0. The molecule has 23 heavy (non-hydrogen) atoms. The normalized spacial score (nSPS) is 11.1. The molecule has 0 aromatic heterocycles. The van der Waals surface area contributed by atoms with Crippen LogP contribution in [0.2, 0.25) is 0 Å². The monoisotopic (exact) mass is 337 g/mol. The lowest BCUT2D eigenvalue weighted by Crippen LogP contribution is -2.29. The van der Waals surface area contributed by atoms with Crippen LogP contribution in [0.4, 0.5) is 10.1 Å². The molecule has 0 amide bonds. The third-order valence-electron chi connectivity index (χ3n) is 3.43. The van der Waals surface area contributed by atoms with Crippen LogP contribution in [0.1, 0.15) is 15.9 Å². The maximum Gasteiger partial charge on any atom is 0.340 e. The van der Waals surface area contributed by atoms with Gasteiger partial charge < -0.3 is 4.74 Å². The fourth-order valence-electron chi connectivity index (χ4n) is 2.24. The predicted molar refractivity (Wildman–Crippen MR) is 84.5 cm³/mol. The maximum atomic E-state index is 13.0. The molecule has 122 valence electrons. The molecular formula is C16H16FNO4S. The van der Waals surface area contributed by atoms with Crippen LogP contribution < -0.4 is 4.31 Å². The number of anilines is 1. The van der Waals surface area contributed by atoms with Crippen LogP contribution in [-0.2, 0) is 14.8 Å². The zero-order valence-corrected chi connectivity index (χ0v) is 13.7. The Balaban J connectivity index is 2.58. The summed E-state index contributed by atoms with van der Waals surface area (Å²) < 4.78 is 44.1. The van der Waals surface area contributed by atoms with Gasteiger partial charge in [0.1, 0.15) is 5.82 Å². The van der Waals surface area contributed by atoms with Crippen LogP contribution in [0, 0.1) is 12.7 Å². The number of para-hydroxylation sites is 1. The van der Waals surface area contributed by atoms with Gasteiger partial charge in [-0.15, -0.1) is 0 Å². The summed E-state index contributed by atoms with van der Waals surface area (Å²) in [6.45, 7) is 1.69. The van der Waals surface area contributed by atoms with E-state index in [2.05, 4.69) is 0 Å². The largest absolute Gasteiger partial charge is 0.465 e. The molecular weight excluding hydrogens is 321 g/mol. The quantitative estimate of drug-likeness (QED) is 0.805. The van der Waals surface area contributed by atoms with Gasteiger partial charge in [0.15, 0.2) is 0 Å². The van der Waals surface area contributed by atoms with Crippen LogP contribution >= 0.6 is 0 Å². The van der Waals surface area contributed by atoms with Crippen molar-refractivity contribution in [2.45, 2.75) is 11.8 Å². The van der Waals surface area contributed by atoms with E-state index in [4.69, 9.17) is 4.74 Å². The lowest BCUT2D eigenvalue weighted by atomic mass is 10.1. The van der Waals surface area contributed by atoms with Gasteiger partial charge in [0.25, 0.3) is 10.0 Å². The van der Waals surface area contributed by atoms with E-state index in [0.29, 0.717) is 5.56 Å². The number of sulfonamides is 1. The van der Waals surface area contributed by atoms with Gasteiger partial charge in [-0.05, 0) is 42.8 Å². The zero-order chi connectivity index (χ0) is 17.2. The molecule has 0 atom stereocenters. The van der Waals surface area contributed by atoms with Gasteiger partial charge in [-0.1, -0.05) is 12.1 Å². The van der Waals surface area contributed by atoms with E-state index in [1.54, 1.807) is 19.1 Å². The molecule has 2 rings (SSSR count). The predicted octanol–water partition coefficient (Wildman–Crippen LogP) is 2.75. The van der Waals surface area contributed by atoms with Crippen molar-refractivity contribution in [2.75, 3.05) is 18.5 Å². The summed E-state index contributed by atoms with van der Waals surface area (Å²) in [7, 11) is -1.37. The smallest absolute Gasteiger partial charge is 0.340 e. The second kappa shape index (κ2) is 6.37. The zero-order valence-electron chi connectivity index (χ0n) is 12.9. The Kier molecular flexibility index (Phi) is 4.70. The molecule has 0 saturated heterocycles. The van der Waals surface area contributed by atoms with Crippen molar-refractivity contribution >= 4 is 21.7 Å². The van der Waals surface area contributed by atoms with Crippen molar-refractivity contribution in [3.05, 3.63) is 59.4 Å². The van der Waals surface area contributed by atoms with Gasteiger partial charge >= 0.3 is 5.97 Å². The third-order valence-corrected chi connectivity index (χ3v) is 5.20. The van der Waals surface area contributed by atoms with Gasteiger partial charge in [0, 0.05) is 7.05 Å². The Labute approximate surface area is 134 Å². The minimum absolute atomic E-state index is 0.0690. The van der Waals surface area contributed by atoms with Crippen LogP contribution in [0.25, 0.3) is 0 Å². The molecule has 2 aromatic carbocycles. The number of benzene rings is 2.